The summed E-state index contributed by atoms with van der Waals surface area (Å²) in [6, 6.07) is 8.71. The van der Waals surface area contributed by atoms with Crippen molar-refractivity contribution in [3.05, 3.63) is 74.4 Å². The van der Waals surface area contributed by atoms with Gasteiger partial charge in [-0.05, 0) is 63.6 Å². The van der Waals surface area contributed by atoms with Gasteiger partial charge in [0.25, 0.3) is 0 Å². The van der Waals surface area contributed by atoms with Gasteiger partial charge in [0.05, 0.1) is 27.9 Å². The lowest BCUT2D eigenvalue weighted by molar-refractivity contribution is 0.240. The van der Waals surface area contributed by atoms with Crippen molar-refractivity contribution in [1.29, 1.82) is 0 Å². The maximum absolute atomic E-state index is 13.5. The molecule has 0 unspecified atom stereocenters. The average Bonchev–Trinajstić information content (AvgIpc) is 3.25. The number of fused-ring (bicyclic) bond motifs is 1. The summed E-state index contributed by atoms with van der Waals surface area (Å²) >= 11 is 0. The van der Waals surface area contributed by atoms with E-state index in [1.807, 2.05) is 39.0 Å². The molecular formula is C22H22FN3O. The molecule has 1 aliphatic heterocycles. The number of hydrogen-bond donors (Lipinski definition) is 2. The van der Waals surface area contributed by atoms with E-state index in [0.29, 0.717) is 5.36 Å². The van der Waals surface area contributed by atoms with E-state index in [-0.39, 0.29) is 11.9 Å². The van der Waals surface area contributed by atoms with Gasteiger partial charge in [0.15, 0.2) is 0 Å². The van der Waals surface area contributed by atoms with Gasteiger partial charge in [-0.1, -0.05) is 0 Å². The number of nitrogens with one attached hydrogen (secondary N) is 2. The highest BCUT2D eigenvalue weighted by atomic mass is 19.1. The molecule has 0 amide bonds. The summed E-state index contributed by atoms with van der Waals surface area (Å²) in [5.74, 6) is 0.485. The van der Waals surface area contributed by atoms with Crippen molar-refractivity contribution in [2.24, 2.45) is 4.99 Å². The number of aromatic nitrogens is 2. The van der Waals surface area contributed by atoms with Crippen LogP contribution in [0.15, 0.2) is 35.3 Å². The molecule has 27 heavy (non-hydrogen) atoms. The molecule has 0 saturated carbocycles. The molecule has 3 heterocycles. The quantitative estimate of drug-likeness (QED) is 0.734. The molecule has 5 heteroatoms. The summed E-state index contributed by atoms with van der Waals surface area (Å²) in [5.41, 5.74) is 4.09. The molecule has 0 aliphatic carbocycles. The zero-order valence-corrected chi connectivity index (χ0v) is 15.9. The fraction of sp³-hybridized carbons (Fsp3) is 0.227. The highest BCUT2D eigenvalue weighted by Gasteiger charge is 2.09. The first kappa shape index (κ1) is 17.3. The molecule has 1 aromatic carbocycles. The summed E-state index contributed by atoms with van der Waals surface area (Å²) < 4.78 is 19.5. The van der Waals surface area contributed by atoms with Crippen molar-refractivity contribution in [2.45, 2.75) is 33.8 Å². The van der Waals surface area contributed by atoms with Crippen LogP contribution in [0.3, 0.4) is 0 Å². The van der Waals surface area contributed by atoms with Gasteiger partial charge in [-0.2, -0.15) is 0 Å². The Kier molecular flexibility index (Phi) is 4.22. The average molecular weight is 363 g/mol. The summed E-state index contributed by atoms with van der Waals surface area (Å²) in [4.78, 5) is 11.3. The maximum Gasteiger partial charge on any atom is 0.145 e. The Morgan fingerprint density at radius 3 is 2.63 bits per heavy atom. The molecule has 138 valence electrons. The lowest BCUT2D eigenvalue weighted by Gasteiger charge is -2.06. The van der Waals surface area contributed by atoms with Crippen LogP contribution >= 0.6 is 0 Å². The fourth-order valence-corrected chi connectivity index (χ4v) is 3.28. The van der Waals surface area contributed by atoms with Gasteiger partial charge in [-0.15, -0.1) is 0 Å². The lowest BCUT2D eigenvalue weighted by atomic mass is 10.2. The van der Waals surface area contributed by atoms with Crippen LogP contribution in [0.25, 0.3) is 17.8 Å². The second-order valence-corrected chi connectivity index (χ2v) is 7.17. The first-order valence-electron chi connectivity index (χ1n) is 9.03. The molecule has 0 bridgehead atoms. The highest BCUT2D eigenvalue weighted by molar-refractivity contribution is 5.76. The number of rotatable bonds is 3. The van der Waals surface area contributed by atoms with E-state index in [1.54, 1.807) is 6.07 Å². The summed E-state index contributed by atoms with van der Waals surface area (Å²) in [6.07, 6.45) is 4.05. The van der Waals surface area contributed by atoms with E-state index in [2.05, 4.69) is 28.0 Å². The van der Waals surface area contributed by atoms with Crippen LogP contribution in [0, 0.1) is 19.7 Å². The number of hydrogen-bond acceptors (Lipinski definition) is 2. The Labute approximate surface area is 156 Å². The first-order chi connectivity index (χ1) is 12.9. The minimum atomic E-state index is -0.283. The molecule has 4 rings (SSSR count). The number of aryl methyl sites for hydroxylation is 2. The van der Waals surface area contributed by atoms with Crippen molar-refractivity contribution in [3.8, 4) is 5.75 Å². The normalized spacial score (nSPS) is 15.7. The molecule has 2 N–H and O–H groups in total. The molecule has 3 aromatic rings. The monoisotopic (exact) mass is 363 g/mol. The summed E-state index contributed by atoms with van der Waals surface area (Å²) in [7, 11) is 0. The Bertz CT molecular complexity index is 1260. The van der Waals surface area contributed by atoms with Gasteiger partial charge in [0.2, 0.25) is 0 Å². The van der Waals surface area contributed by atoms with Crippen molar-refractivity contribution in [2.75, 3.05) is 0 Å². The van der Waals surface area contributed by atoms with Crippen LogP contribution in [0.4, 0.5) is 4.39 Å². The molecular weight excluding hydrogens is 341 g/mol. The predicted molar refractivity (Wildman–Crippen MR) is 105 cm³/mol. The van der Waals surface area contributed by atoms with Crippen LogP contribution in [0.1, 0.15) is 30.8 Å². The first-order valence-corrected chi connectivity index (χ1v) is 9.03. The van der Waals surface area contributed by atoms with Gasteiger partial charge in [0, 0.05) is 28.7 Å². The number of ether oxygens (including phenoxy) is 1. The smallest absolute Gasteiger partial charge is 0.145 e. The molecule has 0 spiro atoms. The third-order valence-corrected chi connectivity index (χ3v) is 4.45. The van der Waals surface area contributed by atoms with Crippen molar-refractivity contribution >= 4 is 17.8 Å². The lowest BCUT2D eigenvalue weighted by Crippen LogP contribution is -2.20. The number of aromatic amines is 2. The standard InChI is InChI=1S/C22H22FN3O/c1-12(2)27-22-11-20(19-8-15-5-6-16(23)9-18(15)25-19)26-21(22)10-17-13(3)7-14(4)24-17/h5-12,24,26H,1-4H3/b20-19-,21-10-. The second kappa shape index (κ2) is 6.58. The van der Waals surface area contributed by atoms with Crippen molar-refractivity contribution in [1.82, 2.24) is 9.97 Å². The van der Waals surface area contributed by atoms with Crippen molar-refractivity contribution < 1.29 is 9.13 Å². The van der Waals surface area contributed by atoms with E-state index >= 15 is 0 Å². The van der Waals surface area contributed by atoms with Crippen LogP contribution in [-0.4, -0.2) is 16.1 Å². The van der Waals surface area contributed by atoms with E-state index in [0.717, 1.165) is 38.8 Å². The number of halogens is 1. The largest absolute Gasteiger partial charge is 0.489 e. The van der Waals surface area contributed by atoms with Gasteiger partial charge >= 0.3 is 0 Å². The fourth-order valence-electron chi connectivity index (χ4n) is 3.28. The highest BCUT2D eigenvalue weighted by Crippen LogP contribution is 2.11. The zero-order chi connectivity index (χ0) is 19.1. The molecule has 0 radical (unpaired) electrons. The molecule has 4 nitrogen and oxygen atoms in total. The molecule has 2 aromatic heterocycles. The number of benzene rings is 1. The Morgan fingerprint density at radius 1 is 1.11 bits per heavy atom. The van der Waals surface area contributed by atoms with E-state index in [9.17, 15) is 4.39 Å². The van der Waals surface area contributed by atoms with Gasteiger partial charge in [-0.25, -0.2) is 9.38 Å². The third-order valence-electron chi connectivity index (χ3n) is 4.45. The summed E-state index contributed by atoms with van der Waals surface area (Å²) in [6.45, 7) is 8.10. The molecule has 0 fully saturated rings. The minimum absolute atomic E-state index is 0.0491. The summed E-state index contributed by atoms with van der Waals surface area (Å²) in [5, 5.41) is 3.28. The van der Waals surface area contributed by atoms with E-state index in [4.69, 9.17) is 4.74 Å². The number of nitrogens with zero attached hydrogens (tertiary/aromatic N) is 1. The zero-order valence-electron chi connectivity index (χ0n) is 15.9. The van der Waals surface area contributed by atoms with Crippen molar-refractivity contribution in [3.63, 3.8) is 0 Å². The molecule has 0 saturated heterocycles. The predicted octanol–water partition coefficient (Wildman–Crippen LogP) is 1.94. The Morgan fingerprint density at radius 2 is 1.93 bits per heavy atom. The minimum Gasteiger partial charge on any atom is -0.489 e. The van der Waals surface area contributed by atoms with Gasteiger partial charge in [-0.3, -0.25) is 0 Å². The van der Waals surface area contributed by atoms with E-state index < -0.39 is 0 Å². The van der Waals surface area contributed by atoms with E-state index in [1.165, 1.54) is 17.7 Å². The Hall–Kier alpha value is -3.08. The molecule has 1 aliphatic rings. The molecule has 0 atom stereocenters. The topological polar surface area (TPSA) is 53.2 Å². The second-order valence-electron chi connectivity index (χ2n) is 7.17. The van der Waals surface area contributed by atoms with Crippen LogP contribution in [-0.2, 0) is 0 Å². The SMILES string of the molecule is Cc1cc(C)c(/C=c2\[nH]/c(=C3/C=c4ccc(F)cc4=N3)cc2OC(C)C)[nH]1. The van der Waals surface area contributed by atoms with Crippen LogP contribution in [0.2, 0.25) is 0 Å². The van der Waals surface area contributed by atoms with Crippen LogP contribution in [0.5, 0.6) is 5.75 Å². The Balaban J connectivity index is 1.92. The van der Waals surface area contributed by atoms with Gasteiger partial charge < -0.3 is 14.7 Å². The maximum atomic E-state index is 13.5. The number of H-pyrrole nitrogens is 2. The van der Waals surface area contributed by atoms with Gasteiger partial charge in [0.1, 0.15) is 11.6 Å². The third kappa shape index (κ3) is 3.45. The van der Waals surface area contributed by atoms with Crippen LogP contribution < -0.4 is 26.0 Å².